The maximum absolute atomic E-state index is 5.74. The van der Waals surface area contributed by atoms with Crippen molar-refractivity contribution in [2.45, 2.75) is 25.5 Å². The first-order valence-electron chi connectivity index (χ1n) is 7.70. The van der Waals surface area contributed by atoms with E-state index in [0.29, 0.717) is 18.1 Å². The van der Waals surface area contributed by atoms with E-state index in [-0.39, 0.29) is 0 Å². The molecule has 0 aliphatic carbocycles. The zero-order valence-corrected chi connectivity index (χ0v) is 12.2. The normalized spacial score (nSPS) is 32.1. The Kier molecular flexibility index (Phi) is 4.68. The maximum atomic E-state index is 5.74. The summed E-state index contributed by atoms with van der Waals surface area (Å²) >= 11 is 0. The second-order valence-corrected chi connectivity index (χ2v) is 5.97. The van der Waals surface area contributed by atoms with Crippen LogP contribution >= 0.6 is 0 Å². The van der Waals surface area contributed by atoms with Gasteiger partial charge in [-0.25, -0.2) is 5.43 Å². The van der Waals surface area contributed by atoms with E-state index in [1.807, 2.05) is 0 Å². The molecule has 0 spiro atoms. The van der Waals surface area contributed by atoms with Gasteiger partial charge in [-0.1, -0.05) is 30.3 Å². The van der Waals surface area contributed by atoms with Crippen molar-refractivity contribution in [1.82, 2.24) is 15.8 Å². The fraction of sp³-hybridized carbons (Fsp3) is 0.625. The van der Waals surface area contributed by atoms with Crippen molar-refractivity contribution in [3.8, 4) is 0 Å². The Labute approximate surface area is 121 Å². The number of rotatable bonds is 3. The first-order valence-corrected chi connectivity index (χ1v) is 7.70. The SMILES string of the molecule is CC1CN(CC2CNNC2c2ccccc2)CCCO1. The number of hydrazine groups is 1. The molecular formula is C16H25N3O. The van der Waals surface area contributed by atoms with Gasteiger partial charge in [0.2, 0.25) is 0 Å². The second kappa shape index (κ2) is 6.68. The second-order valence-electron chi connectivity index (χ2n) is 5.97. The maximum Gasteiger partial charge on any atom is 0.0673 e. The lowest BCUT2D eigenvalue weighted by Gasteiger charge is -2.27. The topological polar surface area (TPSA) is 36.5 Å². The number of ether oxygens (including phenoxy) is 1. The molecular weight excluding hydrogens is 250 g/mol. The summed E-state index contributed by atoms with van der Waals surface area (Å²) < 4.78 is 5.74. The van der Waals surface area contributed by atoms with Gasteiger partial charge in [0.05, 0.1) is 12.1 Å². The van der Waals surface area contributed by atoms with Crippen LogP contribution in [-0.4, -0.2) is 43.8 Å². The smallest absolute Gasteiger partial charge is 0.0673 e. The first-order chi connectivity index (χ1) is 9.83. The molecule has 0 radical (unpaired) electrons. The van der Waals surface area contributed by atoms with E-state index < -0.39 is 0 Å². The molecule has 0 bridgehead atoms. The van der Waals surface area contributed by atoms with Crippen LogP contribution in [0, 0.1) is 5.92 Å². The lowest BCUT2D eigenvalue weighted by molar-refractivity contribution is 0.0654. The van der Waals surface area contributed by atoms with Crippen LogP contribution < -0.4 is 10.9 Å². The highest BCUT2D eigenvalue weighted by atomic mass is 16.5. The molecule has 2 fully saturated rings. The highest BCUT2D eigenvalue weighted by Gasteiger charge is 2.30. The fourth-order valence-corrected chi connectivity index (χ4v) is 3.30. The van der Waals surface area contributed by atoms with Crippen molar-refractivity contribution in [3.05, 3.63) is 35.9 Å². The molecule has 2 N–H and O–H groups in total. The average molecular weight is 275 g/mol. The third kappa shape index (κ3) is 3.38. The Morgan fingerprint density at radius 1 is 1.30 bits per heavy atom. The van der Waals surface area contributed by atoms with Gasteiger partial charge >= 0.3 is 0 Å². The molecule has 4 heteroatoms. The lowest BCUT2D eigenvalue weighted by Crippen LogP contribution is -2.36. The Morgan fingerprint density at radius 3 is 3.00 bits per heavy atom. The van der Waals surface area contributed by atoms with Gasteiger partial charge in [-0.2, -0.15) is 0 Å². The molecule has 2 heterocycles. The molecule has 0 aromatic heterocycles. The van der Waals surface area contributed by atoms with E-state index in [1.165, 1.54) is 5.56 Å². The summed E-state index contributed by atoms with van der Waals surface area (Å²) in [4.78, 5) is 2.56. The van der Waals surface area contributed by atoms with Crippen LogP contribution in [0.2, 0.25) is 0 Å². The van der Waals surface area contributed by atoms with Crippen LogP contribution in [0.25, 0.3) is 0 Å². The summed E-state index contributed by atoms with van der Waals surface area (Å²) in [7, 11) is 0. The lowest BCUT2D eigenvalue weighted by atomic mass is 9.94. The minimum Gasteiger partial charge on any atom is -0.377 e. The van der Waals surface area contributed by atoms with Gasteiger partial charge in [0.25, 0.3) is 0 Å². The monoisotopic (exact) mass is 275 g/mol. The van der Waals surface area contributed by atoms with Crippen LogP contribution in [-0.2, 0) is 4.74 Å². The Morgan fingerprint density at radius 2 is 2.15 bits per heavy atom. The highest BCUT2D eigenvalue weighted by Crippen LogP contribution is 2.25. The number of benzene rings is 1. The van der Waals surface area contributed by atoms with Gasteiger partial charge in [0.1, 0.15) is 0 Å². The minimum absolute atomic E-state index is 0.356. The zero-order chi connectivity index (χ0) is 13.8. The van der Waals surface area contributed by atoms with E-state index >= 15 is 0 Å². The summed E-state index contributed by atoms with van der Waals surface area (Å²) in [5.41, 5.74) is 8.14. The van der Waals surface area contributed by atoms with Crippen molar-refractivity contribution in [2.75, 3.05) is 32.8 Å². The zero-order valence-electron chi connectivity index (χ0n) is 12.2. The summed E-state index contributed by atoms with van der Waals surface area (Å²) in [6.45, 7) is 7.46. The Balaban J connectivity index is 1.64. The average Bonchev–Trinajstić information content (AvgIpc) is 2.82. The van der Waals surface area contributed by atoms with Crippen LogP contribution in [0.1, 0.15) is 24.9 Å². The fourth-order valence-electron chi connectivity index (χ4n) is 3.30. The summed E-state index contributed by atoms with van der Waals surface area (Å²) in [5, 5.41) is 0. The highest BCUT2D eigenvalue weighted by molar-refractivity contribution is 5.20. The van der Waals surface area contributed by atoms with Crippen molar-refractivity contribution >= 4 is 0 Å². The van der Waals surface area contributed by atoms with Crippen molar-refractivity contribution < 1.29 is 4.74 Å². The number of nitrogens with one attached hydrogen (secondary N) is 2. The molecule has 110 valence electrons. The molecule has 3 rings (SSSR count). The van der Waals surface area contributed by atoms with Gasteiger partial charge in [-0.05, 0) is 18.9 Å². The molecule has 2 aliphatic rings. The van der Waals surface area contributed by atoms with E-state index in [1.54, 1.807) is 0 Å². The molecule has 1 aromatic carbocycles. The first kappa shape index (κ1) is 14.0. The molecule has 3 unspecified atom stereocenters. The molecule has 3 atom stereocenters. The third-order valence-electron chi connectivity index (χ3n) is 4.28. The predicted octanol–water partition coefficient (Wildman–Crippen LogP) is 1.56. The number of hydrogen-bond acceptors (Lipinski definition) is 4. The molecule has 20 heavy (non-hydrogen) atoms. The van der Waals surface area contributed by atoms with E-state index in [2.05, 4.69) is 53.0 Å². The number of hydrogen-bond donors (Lipinski definition) is 2. The summed E-state index contributed by atoms with van der Waals surface area (Å²) in [6.07, 6.45) is 1.50. The van der Waals surface area contributed by atoms with Crippen LogP contribution in [0.15, 0.2) is 30.3 Å². The van der Waals surface area contributed by atoms with Crippen molar-refractivity contribution in [1.29, 1.82) is 0 Å². The van der Waals surface area contributed by atoms with Gasteiger partial charge in [0, 0.05) is 38.7 Å². The molecule has 2 aliphatic heterocycles. The van der Waals surface area contributed by atoms with Crippen LogP contribution in [0.3, 0.4) is 0 Å². The van der Waals surface area contributed by atoms with Gasteiger partial charge in [-0.15, -0.1) is 0 Å². The predicted molar refractivity (Wildman–Crippen MR) is 80.3 cm³/mol. The molecule has 4 nitrogen and oxygen atoms in total. The van der Waals surface area contributed by atoms with Crippen LogP contribution in [0.4, 0.5) is 0 Å². The molecule has 1 aromatic rings. The Bertz CT molecular complexity index is 411. The van der Waals surface area contributed by atoms with E-state index in [0.717, 1.165) is 39.2 Å². The van der Waals surface area contributed by atoms with Gasteiger partial charge < -0.3 is 9.64 Å². The summed E-state index contributed by atoms with van der Waals surface area (Å²) in [5.74, 6) is 0.614. The third-order valence-corrected chi connectivity index (χ3v) is 4.28. The quantitative estimate of drug-likeness (QED) is 0.878. The van der Waals surface area contributed by atoms with E-state index in [9.17, 15) is 0 Å². The van der Waals surface area contributed by atoms with Crippen LogP contribution in [0.5, 0.6) is 0 Å². The van der Waals surface area contributed by atoms with Gasteiger partial charge in [-0.3, -0.25) is 5.43 Å². The largest absolute Gasteiger partial charge is 0.377 e. The van der Waals surface area contributed by atoms with Gasteiger partial charge in [0.15, 0.2) is 0 Å². The molecule has 0 saturated carbocycles. The van der Waals surface area contributed by atoms with Crippen molar-refractivity contribution in [2.24, 2.45) is 5.92 Å². The standard InChI is InChI=1S/C16H25N3O/c1-13-11-19(8-5-9-20-13)12-15-10-17-18-16(15)14-6-3-2-4-7-14/h2-4,6-7,13,15-18H,5,8-12H2,1H3. The summed E-state index contributed by atoms with van der Waals surface area (Å²) in [6, 6.07) is 11.2. The minimum atomic E-state index is 0.356. The molecule has 0 amide bonds. The molecule has 2 saturated heterocycles. The van der Waals surface area contributed by atoms with Crippen molar-refractivity contribution in [3.63, 3.8) is 0 Å². The number of nitrogens with zero attached hydrogens (tertiary/aromatic N) is 1. The Hall–Kier alpha value is -0.940. The van der Waals surface area contributed by atoms with E-state index in [4.69, 9.17) is 4.74 Å².